The van der Waals surface area contributed by atoms with E-state index < -0.39 is 0 Å². The third kappa shape index (κ3) is 2.21. The maximum atomic E-state index is 6.18. The first-order chi connectivity index (χ1) is 9.21. The summed E-state index contributed by atoms with van der Waals surface area (Å²) in [7, 11) is -0.0503. The highest BCUT2D eigenvalue weighted by molar-refractivity contribution is 6.49. The van der Waals surface area contributed by atoms with Gasteiger partial charge in [0.05, 0.1) is 11.2 Å². The molecule has 1 saturated carbocycles. The molecule has 1 saturated heterocycles. The lowest BCUT2D eigenvalue weighted by molar-refractivity contribution is 0.00578. The second-order valence-electron chi connectivity index (χ2n) is 7.49. The van der Waals surface area contributed by atoms with E-state index in [4.69, 9.17) is 9.31 Å². The van der Waals surface area contributed by atoms with Gasteiger partial charge in [-0.3, -0.25) is 0 Å². The van der Waals surface area contributed by atoms with Crippen LogP contribution in [0.4, 0.5) is 0 Å². The van der Waals surface area contributed by atoms with E-state index in [2.05, 4.69) is 59.7 Å². The molecule has 20 heavy (non-hydrogen) atoms. The van der Waals surface area contributed by atoms with Crippen molar-refractivity contribution in [2.45, 2.75) is 70.9 Å². The van der Waals surface area contributed by atoms with Gasteiger partial charge in [-0.1, -0.05) is 23.8 Å². The molecule has 3 heteroatoms. The van der Waals surface area contributed by atoms with Gasteiger partial charge in [-0.2, -0.15) is 0 Å². The van der Waals surface area contributed by atoms with Gasteiger partial charge in [0.2, 0.25) is 0 Å². The molecule has 0 amide bonds. The molecule has 1 aromatic carbocycles. The molecule has 0 spiro atoms. The summed E-state index contributed by atoms with van der Waals surface area (Å²) in [5.41, 5.74) is 3.77. The first-order valence-electron chi connectivity index (χ1n) is 7.64. The summed E-state index contributed by atoms with van der Waals surface area (Å²) in [5, 5.41) is 0. The Labute approximate surface area is 123 Å². The van der Waals surface area contributed by atoms with E-state index in [0.717, 1.165) is 0 Å². The minimum absolute atomic E-state index is 0.0503. The van der Waals surface area contributed by atoms with Crippen LogP contribution in [0.25, 0.3) is 0 Å². The van der Waals surface area contributed by atoms with Crippen molar-refractivity contribution in [3.8, 4) is 0 Å². The predicted molar refractivity (Wildman–Crippen MR) is 83.1 cm³/mol. The van der Waals surface area contributed by atoms with Gasteiger partial charge in [-0.25, -0.2) is 0 Å². The molecule has 0 aromatic heterocycles. The molecule has 1 aliphatic heterocycles. The molecule has 3 rings (SSSR count). The van der Waals surface area contributed by atoms with Gasteiger partial charge in [0.1, 0.15) is 0 Å². The van der Waals surface area contributed by atoms with E-state index in [0.29, 0.717) is 11.7 Å². The highest BCUT2D eigenvalue weighted by atomic mass is 16.7. The van der Waals surface area contributed by atoms with Crippen molar-refractivity contribution in [1.29, 1.82) is 0 Å². The summed E-state index contributed by atoms with van der Waals surface area (Å²) in [6.45, 7) is 12.9. The molecule has 1 aromatic rings. The van der Waals surface area contributed by atoms with E-state index in [1.165, 1.54) is 23.1 Å². The highest BCUT2D eigenvalue weighted by Crippen LogP contribution is 2.58. The molecule has 108 valence electrons. The zero-order valence-electron chi connectivity index (χ0n) is 13.5. The average Bonchev–Trinajstić information content (AvgIpc) is 3.02. The monoisotopic (exact) mass is 272 g/mol. The molecule has 2 aliphatic rings. The zero-order chi connectivity index (χ0) is 14.7. The van der Waals surface area contributed by atoms with Gasteiger partial charge in [-0.05, 0) is 65.0 Å². The van der Waals surface area contributed by atoms with Gasteiger partial charge in [-0.15, -0.1) is 0 Å². The van der Waals surface area contributed by atoms with Crippen molar-refractivity contribution in [3.05, 3.63) is 34.9 Å². The van der Waals surface area contributed by atoms with Crippen molar-refractivity contribution < 1.29 is 9.31 Å². The number of rotatable bonds is 2. The van der Waals surface area contributed by atoms with Gasteiger partial charge in [0.15, 0.2) is 0 Å². The van der Waals surface area contributed by atoms with Crippen LogP contribution < -0.4 is 0 Å². The Kier molecular flexibility index (Phi) is 3.08. The molecule has 0 N–H and O–H groups in total. The summed E-state index contributed by atoms with van der Waals surface area (Å²) in [4.78, 5) is 0. The second kappa shape index (κ2) is 4.35. The summed E-state index contributed by atoms with van der Waals surface area (Å²) >= 11 is 0. The molecule has 0 radical (unpaired) electrons. The number of aryl methyl sites for hydroxylation is 2. The van der Waals surface area contributed by atoms with Crippen LogP contribution in [0.3, 0.4) is 0 Å². The molecule has 2 atom stereocenters. The van der Waals surface area contributed by atoms with Gasteiger partial charge >= 0.3 is 7.12 Å². The lowest BCUT2D eigenvalue weighted by Gasteiger charge is -2.32. The summed E-state index contributed by atoms with van der Waals surface area (Å²) in [6, 6.07) is 6.76. The van der Waals surface area contributed by atoms with Crippen molar-refractivity contribution in [3.63, 3.8) is 0 Å². The standard InChI is InChI=1S/C17H25BO2/c1-11-7-8-13(12(2)9-11)14-10-15(14)18-19-16(3,4)17(5,6)20-18/h7-9,14-15H,10H2,1-6H3. The SMILES string of the molecule is Cc1ccc(C2CC2B2OC(C)(C)C(C)(C)O2)c(C)c1. The van der Waals surface area contributed by atoms with Crippen molar-refractivity contribution in [2.24, 2.45) is 0 Å². The van der Waals surface area contributed by atoms with E-state index in [1.54, 1.807) is 0 Å². The fourth-order valence-electron chi connectivity index (χ4n) is 3.18. The minimum atomic E-state index is -0.215. The minimum Gasteiger partial charge on any atom is -0.403 e. The topological polar surface area (TPSA) is 18.5 Å². The van der Waals surface area contributed by atoms with E-state index >= 15 is 0 Å². The van der Waals surface area contributed by atoms with Crippen molar-refractivity contribution >= 4 is 7.12 Å². The third-order valence-corrected chi connectivity index (χ3v) is 5.29. The van der Waals surface area contributed by atoms with Crippen LogP contribution in [0.1, 0.15) is 56.7 Å². The number of hydrogen-bond donors (Lipinski definition) is 0. The highest BCUT2D eigenvalue weighted by Gasteiger charge is 2.59. The first kappa shape index (κ1) is 14.2. The van der Waals surface area contributed by atoms with E-state index in [9.17, 15) is 0 Å². The molecular formula is C17H25BO2. The lowest BCUT2D eigenvalue weighted by Crippen LogP contribution is -2.41. The van der Waals surface area contributed by atoms with Gasteiger partial charge in [0, 0.05) is 5.82 Å². The van der Waals surface area contributed by atoms with Crippen molar-refractivity contribution in [1.82, 2.24) is 0 Å². The van der Waals surface area contributed by atoms with E-state index in [-0.39, 0.29) is 18.3 Å². The Morgan fingerprint density at radius 3 is 2.20 bits per heavy atom. The zero-order valence-corrected chi connectivity index (χ0v) is 13.5. The van der Waals surface area contributed by atoms with Crippen LogP contribution in [-0.2, 0) is 9.31 Å². The summed E-state index contributed by atoms with van der Waals surface area (Å²) < 4.78 is 12.4. The number of hydrogen-bond acceptors (Lipinski definition) is 2. The van der Waals surface area contributed by atoms with Crippen LogP contribution in [-0.4, -0.2) is 18.3 Å². The fourth-order valence-corrected chi connectivity index (χ4v) is 3.18. The molecule has 2 fully saturated rings. The maximum absolute atomic E-state index is 6.18. The van der Waals surface area contributed by atoms with Crippen LogP contribution in [0.2, 0.25) is 5.82 Å². The Morgan fingerprint density at radius 2 is 1.65 bits per heavy atom. The maximum Gasteiger partial charge on any atom is 0.461 e. The molecule has 2 nitrogen and oxygen atoms in total. The van der Waals surface area contributed by atoms with Crippen LogP contribution >= 0.6 is 0 Å². The van der Waals surface area contributed by atoms with Gasteiger partial charge in [0.25, 0.3) is 0 Å². The first-order valence-corrected chi connectivity index (χ1v) is 7.64. The Hall–Kier alpha value is -0.795. The Morgan fingerprint density at radius 1 is 1.05 bits per heavy atom. The summed E-state index contributed by atoms with van der Waals surface area (Å²) in [6.07, 6.45) is 1.18. The fraction of sp³-hybridized carbons (Fsp3) is 0.647. The molecule has 2 unspecified atom stereocenters. The lowest BCUT2D eigenvalue weighted by atomic mass is 9.79. The molecule has 1 aliphatic carbocycles. The van der Waals surface area contributed by atoms with E-state index in [1.807, 2.05) is 0 Å². The third-order valence-electron chi connectivity index (χ3n) is 5.29. The second-order valence-corrected chi connectivity index (χ2v) is 7.49. The Balaban J connectivity index is 1.74. The quantitative estimate of drug-likeness (QED) is 0.749. The van der Waals surface area contributed by atoms with Crippen LogP contribution in [0, 0.1) is 13.8 Å². The van der Waals surface area contributed by atoms with Crippen LogP contribution in [0.15, 0.2) is 18.2 Å². The molecule has 0 bridgehead atoms. The smallest absolute Gasteiger partial charge is 0.403 e. The molecule has 1 heterocycles. The Bertz CT molecular complexity index is 520. The predicted octanol–water partition coefficient (Wildman–Crippen LogP) is 4.25. The average molecular weight is 272 g/mol. The van der Waals surface area contributed by atoms with Gasteiger partial charge < -0.3 is 9.31 Å². The normalized spacial score (nSPS) is 30.6. The largest absolute Gasteiger partial charge is 0.461 e. The number of benzene rings is 1. The van der Waals surface area contributed by atoms with Crippen molar-refractivity contribution in [2.75, 3.05) is 0 Å². The summed E-state index contributed by atoms with van der Waals surface area (Å²) in [5.74, 6) is 1.11. The molecular weight excluding hydrogens is 247 g/mol. The van der Waals surface area contributed by atoms with Crippen LogP contribution in [0.5, 0.6) is 0 Å².